The van der Waals surface area contributed by atoms with Crippen LogP contribution in [-0.4, -0.2) is 195 Å². The third-order valence-electron chi connectivity index (χ3n) is 12.4. The summed E-state index contributed by atoms with van der Waals surface area (Å²) in [5.74, 6) is -3.21. The molecule has 0 spiro atoms. The predicted octanol–water partition coefficient (Wildman–Crippen LogP) is 2.63. The van der Waals surface area contributed by atoms with Crippen LogP contribution in [0.3, 0.4) is 0 Å². The van der Waals surface area contributed by atoms with Gasteiger partial charge in [-0.05, 0) is 133 Å². The van der Waals surface area contributed by atoms with Crippen molar-refractivity contribution in [2.75, 3.05) is 33.3 Å². The van der Waals surface area contributed by atoms with Gasteiger partial charge in [-0.15, -0.1) is 0 Å². The summed E-state index contributed by atoms with van der Waals surface area (Å²) >= 11 is 0. The Labute approximate surface area is 476 Å². The monoisotopic (exact) mass is 1170 g/mol. The summed E-state index contributed by atoms with van der Waals surface area (Å²) in [6, 6.07) is -0.105. The molecule has 10 N–H and O–H groups in total. The number of ether oxygens (including phenoxy) is 8. The fourth-order valence-electron chi connectivity index (χ4n) is 9.07. The van der Waals surface area contributed by atoms with Gasteiger partial charge in [0.2, 0.25) is 11.8 Å². The van der Waals surface area contributed by atoms with Crippen LogP contribution in [0.2, 0.25) is 0 Å². The topological polar surface area (TPSA) is 393 Å². The Hall–Kier alpha value is -6.79. The van der Waals surface area contributed by atoms with Crippen LogP contribution in [0, 0.1) is 16.0 Å². The normalized spacial score (nSPS) is 26.1. The van der Waals surface area contributed by atoms with Crippen LogP contribution in [0.4, 0.5) is 29.7 Å². The third-order valence-corrected chi connectivity index (χ3v) is 12.4. The molecule has 1 saturated heterocycles. The van der Waals surface area contributed by atoms with E-state index < -0.39 is 162 Å². The maximum Gasteiger partial charge on any atom is 0.410 e. The van der Waals surface area contributed by atoms with E-state index >= 15 is 0 Å². The van der Waals surface area contributed by atoms with Crippen molar-refractivity contribution in [2.45, 2.75) is 205 Å². The maximum absolute atomic E-state index is 14.0. The fourth-order valence-corrected chi connectivity index (χ4v) is 9.07. The van der Waals surface area contributed by atoms with E-state index in [4.69, 9.17) is 37.9 Å². The lowest BCUT2D eigenvalue weighted by molar-refractivity contribution is -0.384. The first-order valence-corrected chi connectivity index (χ1v) is 26.7. The van der Waals surface area contributed by atoms with Crippen LogP contribution >= 0.6 is 0 Å². The molecule has 1 aromatic carbocycles. The lowest BCUT2D eigenvalue weighted by Crippen LogP contribution is -2.71. The minimum absolute atomic E-state index is 0.0511. The molecule has 462 valence electrons. The quantitative estimate of drug-likeness (QED) is 0.0574. The number of benzene rings is 1. The van der Waals surface area contributed by atoms with Gasteiger partial charge in [0.1, 0.15) is 71.3 Å². The molecule has 3 aliphatic rings. The van der Waals surface area contributed by atoms with Gasteiger partial charge in [0.25, 0.3) is 5.69 Å². The van der Waals surface area contributed by atoms with Crippen molar-refractivity contribution in [3.63, 3.8) is 0 Å². The first-order valence-electron chi connectivity index (χ1n) is 26.7. The number of nitro benzene ring substituents is 1. The highest BCUT2D eigenvalue weighted by Gasteiger charge is 2.56. The zero-order valence-electron chi connectivity index (χ0n) is 49.0. The van der Waals surface area contributed by atoms with Gasteiger partial charge >= 0.3 is 30.5 Å². The molecule has 29 nitrogen and oxygen atoms in total. The average molecular weight is 1170 g/mol. The van der Waals surface area contributed by atoms with Crippen molar-refractivity contribution in [1.82, 2.24) is 36.8 Å². The summed E-state index contributed by atoms with van der Waals surface area (Å²) in [5, 5.41) is 74.6. The maximum atomic E-state index is 14.0. The van der Waals surface area contributed by atoms with Crippen molar-refractivity contribution >= 4 is 48.0 Å². The molecule has 12 atom stereocenters. The number of amides is 7. The first kappa shape index (κ1) is 67.7. The summed E-state index contributed by atoms with van der Waals surface area (Å²) in [6.45, 7) is 18.6. The van der Waals surface area contributed by atoms with E-state index in [9.17, 15) is 64.1 Å². The van der Waals surface area contributed by atoms with E-state index in [1.165, 1.54) is 44.3 Å². The third kappa shape index (κ3) is 21.5. The zero-order valence-corrected chi connectivity index (χ0v) is 49.0. The Morgan fingerprint density at radius 3 is 1.91 bits per heavy atom. The molecular weight excluding hydrogens is 1080 g/mol. The minimum Gasteiger partial charge on any atom is -0.491 e. The number of hydrogen-bond donors (Lipinski definition) is 10. The largest absolute Gasteiger partial charge is 0.491 e. The van der Waals surface area contributed by atoms with Gasteiger partial charge in [-0.25, -0.2) is 24.0 Å². The molecule has 2 heterocycles. The molecule has 7 amide bonds. The van der Waals surface area contributed by atoms with Crippen LogP contribution in [0.15, 0.2) is 36.1 Å². The molecule has 1 saturated carbocycles. The van der Waals surface area contributed by atoms with Crippen LogP contribution < -0.4 is 31.9 Å². The molecule has 2 fully saturated rings. The highest BCUT2D eigenvalue weighted by atomic mass is 16.7. The SMILES string of the molecule is CN(C(=O)OC(C)(C)C)[C@@H]1[C@@H](O)[C@@H](O[C@H]2[C@H](NC(=O)[C@@H](O)CCNC(=O)OC(C)(C)C)C[C@H](NC(=O)OC(C)(C)C)C([C@H]3OC(CNC(=O)OCc4ccc([N+](=O)[O-])cc4)=CC[C@H]3NC(=O)CNC(=O)OC(C)(C)C)[C@@H]2O)OC[C@]1(C)O. The Bertz CT molecular complexity index is 2430. The number of nitrogens with zero attached hydrogens (tertiary/aromatic N) is 2. The number of rotatable bonds is 18. The van der Waals surface area contributed by atoms with Crippen molar-refractivity contribution in [2.24, 2.45) is 5.92 Å². The summed E-state index contributed by atoms with van der Waals surface area (Å²) in [7, 11) is 1.27. The molecule has 2 aliphatic heterocycles. The number of nitro groups is 1. The smallest absolute Gasteiger partial charge is 0.410 e. The standard InChI is InChI=1S/C53H84N8O21/c1-49(2,3)79-45(68)54-22-21-34(62)42(66)58-33-23-32(59-47(70)81-51(7,8)9)36(37(64)40(33)78-43-38(65)41(53(13,72)27-76-43)60(14)48(71)82-52(10,11)12)39-31(57-35(63)25-56-46(69)80-50(4,5)6)20-19-30(77-39)24-55-44(67)75-26-28-15-17-29(18-16-28)61(73)74/h15-19,31-34,36-41,43,62,64-65,72H,20-27H2,1-14H3,(H,54,68)(H,55,67)(H,56,69)(H,57,63)(H,58,66)(H,59,70)/t31-,32+,33-,34+,36?,37+,38-,39+,40+,41-,43-,53+/m1/s1. The molecule has 0 radical (unpaired) electrons. The van der Waals surface area contributed by atoms with E-state index in [1.54, 1.807) is 83.1 Å². The van der Waals surface area contributed by atoms with E-state index in [2.05, 4.69) is 31.9 Å². The number of non-ortho nitro benzene ring substituents is 1. The summed E-state index contributed by atoms with van der Waals surface area (Å²) < 4.78 is 46.0. The second kappa shape index (κ2) is 28.0. The van der Waals surface area contributed by atoms with Crippen molar-refractivity contribution in [3.05, 3.63) is 51.8 Å². The van der Waals surface area contributed by atoms with Gasteiger partial charge in [-0.2, -0.15) is 0 Å². The molecular formula is C53H84N8O21. The first-order chi connectivity index (χ1) is 37.7. The van der Waals surface area contributed by atoms with Gasteiger partial charge < -0.3 is 95.1 Å². The lowest BCUT2D eigenvalue weighted by atomic mass is 9.72. The summed E-state index contributed by atoms with van der Waals surface area (Å²) in [4.78, 5) is 105. The number of carbonyl (C=O) groups is 7. The number of aliphatic hydroxyl groups excluding tert-OH is 3. The Kier molecular flexibility index (Phi) is 23.1. The highest BCUT2D eigenvalue weighted by molar-refractivity contribution is 5.83. The fraction of sp³-hybridized carbons (Fsp3) is 0.717. The molecule has 1 aliphatic carbocycles. The molecule has 82 heavy (non-hydrogen) atoms. The number of likely N-dealkylation sites (N-methyl/N-ethyl adjacent to an activating group) is 1. The van der Waals surface area contributed by atoms with Gasteiger partial charge in [0.05, 0.1) is 42.3 Å². The zero-order chi connectivity index (χ0) is 61.9. The molecule has 0 bridgehead atoms. The Morgan fingerprint density at radius 2 is 1.34 bits per heavy atom. The second-order valence-corrected chi connectivity index (χ2v) is 24.4. The van der Waals surface area contributed by atoms with Crippen molar-refractivity contribution < 1.29 is 96.8 Å². The van der Waals surface area contributed by atoms with E-state index in [1.807, 2.05) is 0 Å². The van der Waals surface area contributed by atoms with Crippen LogP contribution in [0.1, 0.15) is 115 Å². The van der Waals surface area contributed by atoms with E-state index in [-0.39, 0.29) is 44.0 Å². The van der Waals surface area contributed by atoms with Gasteiger partial charge in [0.15, 0.2) is 6.29 Å². The predicted molar refractivity (Wildman–Crippen MR) is 288 cm³/mol. The summed E-state index contributed by atoms with van der Waals surface area (Å²) in [6.07, 6.45) is -14.6. The van der Waals surface area contributed by atoms with Crippen LogP contribution in [0.25, 0.3) is 0 Å². The van der Waals surface area contributed by atoms with Crippen molar-refractivity contribution in [1.29, 1.82) is 0 Å². The number of aliphatic hydroxyl groups is 4. The number of nitrogens with one attached hydrogen (secondary N) is 6. The number of carbonyl (C=O) groups excluding carboxylic acids is 7. The summed E-state index contributed by atoms with van der Waals surface area (Å²) in [5.41, 5.74) is -5.55. The second-order valence-electron chi connectivity index (χ2n) is 24.4. The average Bonchev–Trinajstić information content (AvgIpc) is 3.32. The van der Waals surface area contributed by atoms with Crippen molar-refractivity contribution in [3.8, 4) is 0 Å². The van der Waals surface area contributed by atoms with Gasteiger partial charge in [0, 0.05) is 37.7 Å². The number of alkyl carbamates (subject to hydrolysis) is 4. The molecule has 1 aromatic rings. The molecule has 1 unspecified atom stereocenters. The highest BCUT2D eigenvalue weighted by Crippen LogP contribution is 2.39. The number of hydrogen-bond acceptors (Lipinski definition) is 21. The molecule has 4 rings (SSSR count). The lowest BCUT2D eigenvalue weighted by Gasteiger charge is -2.52. The Balaban J connectivity index is 1.79. The van der Waals surface area contributed by atoms with Crippen LogP contribution in [-0.2, 0) is 54.1 Å². The van der Waals surface area contributed by atoms with Crippen LogP contribution in [0.5, 0.6) is 0 Å². The van der Waals surface area contributed by atoms with Gasteiger partial charge in [-0.3, -0.25) is 19.7 Å². The van der Waals surface area contributed by atoms with E-state index in [0.29, 0.717) is 5.56 Å². The minimum atomic E-state index is -1.96. The Morgan fingerprint density at radius 1 is 0.768 bits per heavy atom. The van der Waals surface area contributed by atoms with Gasteiger partial charge in [-0.1, -0.05) is 0 Å². The molecule has 0 aromatic heterocycles. The molecule has 29 heteroatoms. The van der Waals surface area contributed by atoms with E-state index in [0.717, 1.165) is 4.90 Å².